The fraction of sp³-hybridized carbons (Fsp3) is 0.200. The summed E-state index contributed by atoms with van der Waals surface area (Å²) in [4.78, 5) is 0. The van der Waals surface area contributed by atoms with E-state index < -0.39 is 40.4 Å². The molecule has 0 heterocycles. The molecular weight excluding hydrogens is 326 g/mol. The lowest BCUT2D eigenvalue weighted by molar-refractivity contribution is -0.289. The second-order valence-corrected chi connectivity index (χ2v) is 4.78. The summed E-state index contributed by atoms with van der Waals surface area (Å²) in [6.07, 6.45) is -11.7. The largest absolute Gasteiger partial charge is 0.508 e. The Bertz CT molecular complexity index is 644. The van der Waals surface area contributed by atoms with E-state index in [9.17, 15) is 36.6 Å². The Morgan fingerprint density at radius 1 is 0.565 bits per heavy atom. The molecule has 0 saturated carbocycles. The van der Waals surface area contributed by atoms with Crippen molar-refractivity contribution in [2.75, 3.05) is 0 Å². The first-order valence-corrected chi connectivity index (χ1v) is 6.24. The average Bonchev–Trinajstić information content (AvgIpc) is 2.40. The normalized spacial score (nSPS) is 13.1. The van der Waals surface area contributed by atoms with Crippen LogP contribution in [0.2, 0.25) is 0 Å². The molecular formula is C15H10F6O2. The molecule has 0 aromatic heterocycles. The molecule has 0 bridgehead atoms. The summed E-state index contributed by atoms with van der Waals surface area (Å²) in [5, 5.41) is 19.3. The van der Waals surface area contributed by atoms with Gasteiger partial charge in [-0.2, -0.15) is 26.3 Å². The molecule has 0 radical (unpaired) electrons. The van der Waals surface area contributed by atoms with E-state index in [-0.39, 0.29) is 0 Å². The van der Waals surface area contributed by atoms with Crippen LogP contribution in [0.5, 0.6) is 11.5 Å². The Morgan fingerprint density at radius 2 is 0.870 bits per heavy atom. The van der Waals surface area contributed by atoms with Gasteiger partial charge in [0, 0.05) is 11.1 Å². The lowest BCUT2D eigenvalue weighted by Gasteiger charge is -2.38. The molecule has 23 heavy (non-hydrogen) atoms. The zero-order valence-corrected chi connectivity index (χ0v) is 11.3. The van der Waals surface area contributed by atoms with Crippen molar-refractivity contribution in [3.05, 3.63) is 59.7 Å². The SMILES string of the molecule is Oc1ccccc1C(c1ccccc1O)(C(F)(F)F)C(F)(F)F. The van der Waals surface area contributed by atoms with E-state index in [1.807, 2.05) is 0 Å². The predicted octanol–water partition coefficient (Wildman–Crippen LogP) is 4.51. The predicted molar refractivity (Wildman–Crippen MR) is 69.1 cm³/mol. The topological polar surface area (TPSA) is 40.5 Å². The lowest BCUT2D eigenvalue weighted by atomic mass is 9.72. The van der Waals surface area contributed by atoms with Gasteiger partial charge in [0.1, 0.15) is 11.5 Å². The van der Waals surface area contributed by atoms with Gasteiger partial charge >= 0.3 is 12.4 Å². The van der Waals surface area contributed by atoms with Gasteiger partial charge in [0.15, 0.2) is 0 Å². The molecule has 2 nitrogen and oxygen atoms in total. The molecule has 2 aromatic rings. The van der Waals surface area contributed by atoms with Crippen molar-refractivity contribution in [2.24, 2.45) is 0 Å². The van der Waals surface area contributed by atoms with Gasteiger partial charge in [-0.25, -0.2) is 0 Å². The van der Waals surface area contributed by atoms with E-state index >= 15 is 0 Å². The third-order valence-electron chi connectivity index (χ3n) is 3.47. The van der Waals surface area contributed by atoms with Crippen LogP contribution < -0.4 is 0 Å². The Labute approximate surface area is 126 Å². The molecule has 2 N–H and O–H groups in total. The molecule has 0 atom stereocenters. The number of benzene rings is 2. The quantitative estimate of drug-likeness (QED) is 0.792. The van der Waals surface area contributed by atoms with Crippen molar-refractivity contribution in [1.29, 1.82) is 0 Å². The summed E-state index contributed by atoms with van der Waals surface area (Å²) in [7, 11) is 0. The molecule has 0 unspecified atom stereocenters. The van der Waals surface area contributed by atoms with Crippen LogP contribution in [0.1, 0.15) is 11.1 Å². The van der Waals surface area contributed by atoms with Crippen molar-refractivity contribution in [1.82, 2.24) is 0 Å². The second-order valence-electron chi connectivity index (χ2n) is 4.78. The molecule has 0 amide bonds. The van der Waals surface area contributed by atoms with Crippen LogP contribution in [0.3, 0.4) is 0 Å². The van der Waals surface area contributed by atoms with Crippen molar-refractivity contribution in [3.8, 4) is 11.5 Å². The smallest absolute Gasteiger partial charge is 0.411 e. The maximum absolute atomic E-state index is 13.7. The van der Waals surface area contributed by atoms with Gasteiger partial charge in [0.05, 0.1) is 0 Å². The minimum atomic E-state index is -5.86. The van der Waals surface area contributed by atoms with E-state index in [1.54, 1.807) is 0 Å². The number of hydrogen-bond acceptors (Lipinski definition) is 2. The van der Waals surface area contributed by atoms with Gasteiger partial charge in [0.25, 0.3) is 0 Å². The Morgan fingerprint density at radius 3 is 1.13 bits per heavy atom. The highest BCUT2D eigenvalue weighted by Crippen LogP contribution is 2.59. The van der Waals surface area contributed by atoms with Crippen LogP contribution >= 0.6 is 0 Å². The van der Waals surface area contributed by atoms with Crippen molar-refractivity contribution < 1.29 is 36.6 Å². The van der Waals surface area contributed by atoms with Crippen LogP contribution in [0, 0.1) is 0 Å². The summed E-state index contributed by atoms with van der Waals surface area (Å²) in [6, 6.07) is 6.60. The average molecular weight is 336 g/mol. The van der Waals surface area contributed by atoms with E-state index in [0.717, 1.165) is 36.4 Å². The fourth-order valence-electron chi connectivity index (χ4n) is 2.50. The zero-order chi connectivity index (χ0) is 17.5. The highest BCUT2D eigenvalue weighted by molar-refractivity contribution is 5.54. The number of halogens is 6. The first-order valence-electron chi connectivity index (χ1n) is 6.24. The summed E-state index contributed by atoms with van der Waals surface area (Å²) in [5.41, 5.74) is -7.36. The maximum Gasteiger partial charge on any atom is 0.411 e. The number of alkyl halides is 6. The van der Waals surface area contributed by atoms with Gasteiger partial charge in [-0.05, 0) is 12.1 Å². The minimum Gasteiger partial charge on any atom is -0.508 e. The van der Waals surface area contributed by atoms with E-state index in [0.29, 0.717) is 12.1 Å². The zero-order valence-electron chi connectivity index (χ0n) is 11.3. The van der Waals surface area contributed by atoms with Gasteiger partial charge in [-0.3, -0.25) is 0 Å². The van der Waals surface area contributed by atoms with Crippen molar-refractivity contribution in [3.63, 3.8) is 0 Å². The highest BCUT2D eigenvalue weighted by Gasteiger charge is 2.74. The summed E-state index contributed by atoms with van der Waals surface area (Å²) < 4.78 is 82.0. The number of aromatic hydroxyl groups is 2. The number of hydrogen-bond donors (Lipinski definition) is 2. The lowest BCUT2D eigenvalue weighted by Crippen LogP contribution is -2.54. The molecule has 0 fully saturated rings. The number of rotatable bonds is 2. The van der Waals surface area contributed by atoms with E-state index in [1.165, 1.54) is 0 Å². The first-order chi connectivity index (χ1) is 10.5. The number of phenols is 2. The van der Waals surface area contributed by atoms with Gasteiger partial charge < -0.3 is 10.2 Å². The molecule has 0 aliphatic rings. The fourth-order valence-corrected chi connectivity index (χ4v) is 2.50. The van der Waals surface area contributed by atoms with Gasteiger partial charge in [0.2, 0.25) is 5.41 Å². The third kappa shape index (κ3) is 2.47. The third-order valence-corrected chi connectivity index (χ3v) is 3.47. The standard InChI is InChI=1S/C15H10F6O2/c16-14(17,18)13(15(19,20)21,9-5-1-3-7-11(9)22)10-6-2-4-8-12(10)23/h1-8,22-23H. The van der Waals surface area contributed by atoms with Gasteiger partial charge in [-0.1, -0.05) is 36.4 Å². The number of phenolic OH excluding ortho intramolecular Hbond substituents is 2. The molecule has 0 aliphatic heterocycles. The molecule has 0 saturated heterocycles. The molecule has 2 aromatic carbocycles. The van der Waals surface area contributed by atoms with Crippen LogP contribution in [0.4, 0.5) is 26.3 Å². The van der Waals surface area contributed by atoms with Crippen LogP contribution in [0.15, 0.2) is 48.5 Å². The second kappa shape index (κ2) is 5.36. The minimum absolute atomic E-state index is 0.531. The molecule has 124 valence electrons. The molecule has 8 heteroatoms. The maximum atomic E-state index is 13.7. The Kier molecular flexibility index (Phi) is 3.96. The summed E-state index contributed by atoms with van der Waals surface area (Å²) in [6.45, 7) is 0. The number of para-hydroxylation sites is 2. The van der Waals surface area contributed by atoms with E-state index in [2.05, 4.69) is 0 Å². The molecule has 0 aliphatic carbocycles. The van der Waals surface area contributed by atoms with Crippen LogP contribution in [-0.2, 0) is 5.41 Å². The van der Waals surface area contributed by atoms with Crippen molar-refractivity contribution >= 4 is 0 Å². The van der Waals surface area contributed by atoms with Crippen LogP contribution in [-0.4, -0.2) is 22.6 Å². The molecule has 0 spiro atoms. The molecule has 2 rings (SSSR count). The first kappa shape index (κ1) is 17.0. The van der Waals surface area contributed by atoms with Gasteiger partial charge in [-0.15, -0.1) is 0 Å². The Hall–Kier alpha value is -2.38. The monoisotopic (exact) mass is 336 g/mol. The summed E-state index contributed by atoms with van der Waals surface area (Å²) in [5.74, 6) is -2.35. The highest BCUT2D eigenvalue weighted by atomic mass is 19.4. The summed E-state index contributed by atoms with van der Waals surface area (Å²) >= 11 is 0. The van der Waals surface area contributed by atoms with E-state index in [4.69, 9.17) is 0 Å². The van der Waals surface area contributed by atoms with Crippen LogP contribution in [0.25, 0.3) is 0 Å². The van der Waals surface area contributed by atoms with Crippen molar-refractivity contribution in [2.45, 2.75) is 17.8 Å². The Balaban J connectivity index is 3.01.